The Labute approximate surface area is 380 Å². The number of benzene rings is 7. The van der Waals surface area contributed by atoms with Crippen LogP contribution in [0.25, 0.3) is 82.5 Å². The van der Waals surface area contributed by atoms with Gasteiger partial charge in [0.1, 0.15) is 0 Å². The Morgan fingerprint density at radius 3 is 1.42 bits per heavy atom. The number of aromatic nitrogens is 3. The average molecular weight is 836 g/mol. The van der Waals surface area contributed by atoms with Gasteiger partial charge in [-0.15, -0.1) is 0 Å². The van der Waals surface area contributed by atoms with E-state index in [1.807, 2.05) is 0 Å². The molecule has 10 aromatic rings. The summed E-state index contributed by atoms with van der Waals surface area (Å²) in [4.78, 5) is 0. The zero-order chi connectivity index (χ0) is 41.8. The summed E-state index contributed by atoms with van der Waals surface area (Å²) in [5.74, 6) is 1.93. The normalized spacial score (nSPS) is 18.8. The Morgan fingerprint density at radius 2 is 0.800 bits per heavy atom. The first-order valence-corrected chi connectivity index (χ1v) is 25.8. The van der Waals surface area contributed by atoms with Crippen LogP contribution in [0.4, 0.5) is 0 Å². The van der Waals surface area contributed by atoms with Crippen molar-refractivity contribution in [2.45, 2.75) is 114 Å². The van der Waals surface area contributed by atoms with E-state index in [2.05, 4.69) is 123 Å². The van der Waals surface area contributed by atoms with Gasteiger partial charge in [0, 0.05) is 71.4 Å². The maximum absolute atomic E-state index is 2.83. The lowest BCUT2D eigenvalue weighted by atomic mass is 9.30. The van der Waals surface area contributed by atoms with Gasteiger partial charge in [0.15, 0.2) is 0 Å². The smallest absolute Gasteiger partial charge is 0.252 e. The van der Waals surface area contributed by atoms with Crippen LogP contribution in [-0.2, 0) is 0 Å². The van der Waals surface area contributed by atoms with Crippen LogP contribution in [0.1, 0.15) is 131 Å². The van der Waals surface area contributed by atoms with Gasteiger partial charge in [-0.1, -0.05) is 131 Å². The third kappa shape index (κ3) is 4.30. The van der Waals surface area contributed by atoms with Crippen LogP contribution in [0.3, 0.4) is 0 Å². The van der Waals surface area contributed by atoms with Crippen LogP contribution in [0.5, 0.6) is 0 Å². The molecule has 3 fully saturated rings. The molecule has 17 rings (SSSR count). The number of rotatable bonds is 3. The highest BCUT2D eigenvalue weighted by atomic mass is 15.1. The summed E-state index contributed by atoms with van der Waals surface area (Å²) < 4.78 is 8.32. The van der Waals surface area contributed by atoms with E-state index in [0.717, 1.165) is 0 Å². The molecule has 3 nitrogen and oxygen atoms in total. The lowest BCUT2D eigenvalue weighted by Gasteiger charge is -2.41. The molecule has 7 heterocycles. The monoisotopic (exact) mass is 835 g/mol. The molecular formula is C60H51B2N3. The zero-order valence-corrected chi connectivity index (χ0v) is 37.2. The fourth-order valence-electron chi connectivity index (χ4n) is 16.0. The van der Waals surface area contributed by atoms with Crippen LogP contribution in [-0.4, -0.2) is 27.1 Å². The van der Waals surface area contributed by atoms with E-state index in [1.54, 1.807) is 16.7 Å². The Hall–Kier alpha value is -5.93. The fourth-order valence-corrected chi connectivity index (χ4v) is 16.0. The van der Waals surface area contributed by atoms with Gasteiger partial charge in [0.25, 0.3) is 13.4 Å². The van der Waals surface area contributed by atoms with E-state index in [0.29, 0.717) is 17.8 Å². The first-order chi connectivity index (χ1) is 32.3. The number of fused-ring (bicyclic) bond motifs is 13. The van der Waals surface area contributed by atoms with Crippen molar-refractivity contribution in [3.8, 4) is 17.1 Å². The minimum Gasteiger partial charge on any atom is -0.311 e. The SMILES string of the molecule is c1ccc2c(c1)c1cc(C3CCCCC3)cc3c1n2-c1cc2c4c5c1B3c1cccc3c6cc(C7CCCCC7)cc(c6n-5c13)B4c1cccc3c4cc(C5CCCCC5)ccc4n-2c13. The van der Waals surface area contributed by atoms with Crippen LogP contribution in [0.2, 0.25) is 0 Å². The second kappa shape index (κ2) is 12.5. The molecule has 0 amide bonds. The van der Waals surface area contributed by atoms with E-state index in [4.69, 9.17) is 0 Å². The van der Waals surface area contributed by atoms with Gasteiger partial charge in [0.2, 0.25) is 0 Å². The lowest BCUT2D eigenvalue weighted by Crippen LogP contribution is -2.66. The van der Waals surface area contributed by atoms with Crippen molar-refractivity contribution in [2.24, 2.45) is 0 Å². The summed E-state index contributed by atoms with van der Waals surface area (Å²) in [6.45, 7) is 0.315. The van der Waals surface area contributed by atoms with E-state index >= 15 is 0 Å². The van der Waals surface area contributed by atoms with Gasteiger partial charge in [-0.05, 0) is 142 Å². The van der Waals surface area contributed by atoms with Gasteiger partial charge >= 0.3 is 0 Å². The van der Waals surface area contributed by atoms with Crippen molar-refractivity contribution in [1.29, 1.82) is 0 Å². The summed E-state index contributed by atoms with van der Waals surface area (Å²) in [6.07, 6.45) is 20.1. The van der Waals surface area contributed by atoms with Crippen molar-refractivity contribution < 1.29 is 0 Å². The summed E-state index contributed by atoms with van der Waals surface area (Å²) in [5, 5.41) is 8.62. The topological polar surface area (TPSA) is 14.8 Å². The first kappa shape index (κ1) is 35.3. The van der Waals surface area contributed by atoms with Crippen molar-refractivity contribution in [3.63, 3.8) is 0 Å². The first-order valence-electron chi connectivity index (χ1n) is 25.8. The van der Waals surface area contributed by atoms with E-state index < -0.39 is 0 Å². The maximum atomic E-state index is 2.83. The molecule has 0 atom stereocenters. The summed E-state index contributed by atoms with van der Waals surface area (Å²) in [6, 6.07) is 45.3. The number of nitrogens with zero attached hydrogens (tertiary/aromatic N) is 3. The van der Waals surface area contributed by atoms with Gasteiger partial charge in [-0.25, -0.2) is 0 Å². The zero-order valence-electron chi connectivity index (χ0n) is 37.2. The molecular weight excluding hydrogens is 784 g/mol. The summed E-state index contributed by atoms with van der Waals surface area (Å²) in [7, 11) is 0. The molecule has 0 bridgehead atoms. The highest BCUT2D eigenvalue weighted by molar-refractivity contribution is 7.04. The summed E-state index contributed by atoms with van der Waals surface area (Å²) >= 11 is 0. The molecule has 312 valence electrons. The maximum Gasteiger partial charge on any atom is 0.252 e. The van der Waals surface area contributed by atoms with Crippen molar-refractivity contribution >= 4 is 112 Å². The van der Waals surface area contributed by atoms with Crippen molar-refractivity contribution in [3.05, 3.63) is 126 Å². The molecule has 0 spiro atoms. The van der Waals surface area contributed by atoms with Crippen LogP contribution >= 0.6 is 0 Å². The molecule has 4 aliphatic heterocycles. The van der Waals surface area contributed by atoms with Crippen LogP contribution in [0.15, 0.2) is 109 Å². The molecule has 65 heavy (non-hydrogen) atoms. The number of hydrogen-bond acceptors (Lipinski definition) is 0. The largest absolute Gasteiger partial charge is 0.311 e. The quantitative estimate of drug-likeness (QED) is 0.158. The second-order valence-electron chi connectivity index (χ2n) is 21.8. The minimum absolute atomic E-state index is 0.157. The van der Waals surface area contributed by atoms with Crippen LogP contribution < -0.4 is 32.8 Å². The highest BCUT2D eigenvalue weighted by Gasteiger charge is 2.49. The van der Waals surface area contributed by atoms with E-state index in [1.165, 1.54) is 212 Å². The number of para-hydroxylation sites is 3. The molecule has 3 aliphatic carbocycles. The fraction of sp³-hybridized carbons (Fsp3) is 0.300. The summed E-state index contributed by atoms with van der Waals surface area (Å²) in [5.41, 5.74) is 26.5. The van der Waals surface area contributed by atoms with Gasteiger partial charge in [0.05, 0.1) is 11.0 Å². The molecule has 0 unspecified atom stereocenters. The Morgan fingerprint density at radius 1 is 0.338 bits per heavy atom. The molecule has 3 saturated carbocycles. The van der Waals surface area contributed by atoms with Crippen molar-refractivity contribution in [2.75, 3.05) is 0 Å². The van der Waals surface area contributed by atoms with Crippen molar-refractivity contribution in [1.82, 2.24) is 13.7 Å². The van der Waals surface area contributed by atoms with E-state index in [9.17, 15) is 0 Å². The minimum atomic E-state index is 0.157. The molecule has 0 saturated heterocycles. The molecule has 7 aromatic carbocycles. The standard InChI is InChI=1S/C60H51B2N3/c1-4-14-34(15-5-1)37-26-27-51-43(28-37)41-21-12-23-46-56(41)64(51)53-33-52-54-60-55(53)61(46)49-32-39(36-18-8-3-9-19-36)30-45-42-22-13-24-47(57(42)65(60)59(45)49)62(54)48-31-38(35-16-6-2-7-17-35)29-44-40-20-10-11-25-50(40)63(52)58(44)48/h10-13,20-36H,1-9,14-19H2. The molecule has 3 aromatic heterocycles. The molecule has 7 aliphatic rings. The van der Waals surface area contributed by atoms with E-state index in [-0.39, 0.29) is 13.4 Å². The Bertz CT molecular complexity index is 3800. The predicted molar refractivity (Wildman–Crippen MR) is 276 cm³/mol. The number of hydrogen-bond donors (Lipinski definition) is 0. The molecule has 0 N–H and O–H groups in total. The predicted octanol–water partition coefficient (Wildman–Crippen LogP) is 11.4. The average Bonchev–Trinajstić information content (AvgIpc) is 4.02. The van der Waals surface area contributed by atoms with Gasteiger partial charge < -0.3 is 13.7 Å². The second-order valence-corrected chi connectivity index (χ2v) is 21.8. The third-order valence-corrected chi connectivity index (χ3v) is 18.7. The third-order valence-electron chi connectivity index (χ3n) is 18.7. The highest BCUT2D eigenvalue weighted by Crippen LogP contribution is 2.46. The Kier molecular flexibility index (Phi) is 6.79. The van der Waals surface area contributed by atoms with Crippen LogP contribution in [0, 0.1) is 0 Å². The van der Waals surface area contributed by atoms with Gasteiger partial charge in [-0.2, -0.15) is 0 Å². The molecule has 0 radical (unpaired) electrons. The molecule has 5 heteroatoms. The lowest BCUT2D eigenvalue weighted by molar-refractivity contribution is 0.444. The Balaban J connectivity index is 1.06. The van der Waals surface area contributed by atoms with Gasteiger partial charge in [-0.3, -0.25) is 0 Å².